The molecule has 0 radical (unpaired) electrons. The zero-order valence-corrected chi connectivity index (χ0v) is 17.9. The standard InChI is InChI=1S/C19H29FN4O2S2/c1-2-21-18(22-8-13-28(25,26)24-9-11-27-12-10-24)23-15-19(6-7-19)16-4-3-5-17(20)14-16/h3-5,14H,2,6-13,15H2,1H3,(H2,21,22,23). The van der Waals surface area contributed by atoms with Gasteiger partial charge in [-0.25, -0.2) is 17.1 Å². The van der Waals surface area contributed by atoms with Gasteiger partial charge in [0.2, 0.25) is 10.0 Å². The number of nitrogens with zero attached hydrogens (tertiary/aromatic N) is 2. The number of nitrogens with one attached hydrogen (secondary N) is 2. The molecule has 1 aliphatic heterocycles. The van der Waals surface area contributed by atoms with Crippen LogP contribution >= 0.6 is 11.8 Å². The Morgan fingerprint density at radius 2 is 2.04 bits per heavy atom. The Morgan fingerprint density at radius 1 is 1.29 bits per heavy atom. The molecule has 2 N–H and O–H groups in total. The second-order valence-electron chi connectivity index (χ2n) is 7.24. The fraction of sp³-hybridized carbons (Fsp3) is 0.632. The van der Waals surface area contributed by atoms with Gasteiger partial charge in [-0.1, -0.05) is 12.1 Å². The fourth-order valence-electron chi connectivity index (χ4n) is 3.33. The number of aliphatic imine (C=N–C) groups is 1. The SMILES string of the molecule is CCNC(=NCC1(c2cccc(F)c2)CC1)NCCS(=O)(=O)N1CCSCC1. The van der Waals surface area contributed by atoms with Crippen LogP contribution in [0.4, 0.5) is 4.39 Å². The summed E-state index contributed by atoms with van der Waals surface area (Å²) in [6, 6.07) is 6.74. The molecule has 1 aromatic carbocycles. The predicted molar refractivity (Wildman–Crippen MR) is 114 cm³/mol. The highest BCUT2D eigenvalue weighted by Crippen LogP contribution is 2.48. The Kier molecular flexibility index (Phi) is 7.22. The summed E-state index contributed by atoms with van der Waals surface area (Å²) in [5.41, 5.74) is 0.889. The van der Waals surface area contributed by atoms with Crippen LogP contribution in [0.25, 0.3) is 0 Å². The zero-order valence-electron chi connectivity index (χ0n) is 16.3. The first-order valence-corrected chi connectivity index (χ1v) is 12.6. The first kappa shape index (κ1) is 21.4. The molecule has 0 bridgehead atoms. The molecule has 1 heterocycles. The molecule has 28 heavy (non-hydrogen) atoms. The average molecular weight is 429 g/mol. The highest BCUT2D eigenvalue weighted by molar-refractivity contribution is 7.99. The van der Waals surface area contributed by atoms with Crippen molar-refractivity contribution in [2.75, 3.05) is 50.0 Å². The van der Waals surface area contributed by atoms with Crippen molar-refractivity contribution in [2.24, 2.45) is 4.99 Å². The van der Waals surface area contributed by atoms with Crippen molar-refractivity contribution in [3.8, 4) is 0 Å². The Balaban J connectivity index is 1.56. The van der Waals surface area contributed by atoms with E-state index in [4.69, 9.17) is 0 Å². The lowest BCUT2D eigenvalue weighted by Gasteiger charge is -2.25. The van der Waals surface area contributed by atoms with Crippen LogP contribution in [0.1, 0.15) is 25.3 Å². The van der Waals surface area contributed by atoms with Gasteiger partial charge in [-0.3, -0.25) is 4.99 Å². The third-order valence-electron chi connectivity index (χ3n) is 5.19. The molecule has 1 aliphatic carbocycles. The maximum Gasteiger partial charge on any atom is 0.215 e. The average Bonchev–Trinajstić information content (AvgIpc) is 3.48. The van der Waals surface area contributed by atoms with E-state index in [1.54, 1.807) is 28.2 Å². The number of halogens is 1. The number of hydrogen-bond acceptors (Lipinski definition) is 4. The molecule has 9 heteroatoms. The van der Waals surface area contributed by atoms with E-state index in [0.29, 0.717) is 38.7 Å². The molecule has 2 fully saturated rings. The number of rotatable bonds is 8. The lowest BCUT2D eigenvalue weighted by atomic mass is 9.96. The van der Waals surface area contributed by atoms with Crippen molar-refractivity contribution in [1.82, 2.24) is 14.9 Å². The van der Waals surface area contributed by atoms with Crippen molar-refractivity contribution in [2.45, 2.75) is 25.2 Å². The molecule has 0 amide bonds. The first-order chi connectivity index (χ1) is 13.5. The number of sulfonamides is 1. The van der Waals surface area contributed by atoms with E-state index >= 15 is 0 Å². The summed E-state index contributed by atoms with van der Waals surface area (Å²) >= 11 is 1.79. The summed E-state index contributed by atoms with van der Waals surface area (Å²) in [4.78, 5) is 4.65. The topological polar surface area (TPSA) is 73.8 Å². The zero-order chi connectivity index (χ0) is 20.0. The van der Waals surface area contributed by atoms with E-state index < -0.39 is 10.0 Å². The summed E-state index contributed by atoms with van der Waals surface area (Å²) in [6.45, 7) is 4.72. The summed E-state index contributed by atoms with van der Waals surface area (Å²) in [7, 11) is -3.24. The first-order valence-electron chi connectivity index (χ1n) is 9.79. The maximum atomic E-state index is 13.6. The largest absolute Gasteiger partial charge is 0.357 e. The van der Waals surface area contributed by atoms with Crippen molar-refractivity contribution in [1.29, 1.82) is 0 Å². The van der Waals surface area contributed by atoms with E-state index in [-0.39, 0.29) is 17.0 Å². The van der Waals surface area contributed by atoms with Crippen molar-refractivity contribution >= 4 is 27.7 Å². The number of guanidine groups is 1. The fourth-order valence-corrected chi connectivity index (χ4v) is 5.82. The van der Waals surface area contributed by atoms with Gasteiger partial charge in [0.1, 0.15) is 5.82 Å². The Hall–Kier alpha value is -1.32. The molecular formula is C19H29FN4O2S2. The predicted octanol–water partition coefficient (Wildman–Crippen LogP) is 1.79. The number of hydrogen-bond donors (Lipinski definition) is 2. The third-order valence-corrected chi connectivity index (χ3v) is 8.00. The van der Waals surface area contributed by atoms with Crippen LogP contribution in [0, 0.1) is 5.82 Å². The lowest BCUT2D eigenvalue weighted by molar-refractivity contribution is 0.443. The van der Waals surface area contributed by atoms with Crippen molar-refractivity contribution in [3.05, 3.63) is 35.6 Å². The molecule has 3 rings (SSSR count). The van der Waals surface area contributed by atoms with E-state index in [2.05, 4.69) is 15.6 Å². The van der Waals surface area contributed by atoms with Gasteiger partial charge in [-0.2, -0.15) is 11.8 Å². The number of benzene rings is 1. The smallest absolute Gasteiger partial charge is 0.215 e. The van der Waals surface area contributed by atoms with Crippen LogP contribution in [0.2, 0.25) is 0 Å². The minimum atomic E-state index is -3.24. The van der Waals surface area contributed by atoms with Crippen LogP contribution in [0.15, 0.2) is 29.3 Å². The van der Waals surface area contributed by atoms with Gasteiger partial charge < -0.3 is 10.6 Å². The van der Waals surface area contributed by atoms with Crippen LogP contribution in [0.5, 0.6) is 0 Å². The van der Waals surface area contributed by atoms with Gasteiger partial charge in [-0.05, 0) is 37.5 Å². The maximum absolute atomic E-state index is 13.6. The van der Waals surface area contributed by atoms with Gasteiger partial charge >= 0.3 is 0 Å². The van der Waals surface area contributed by atoms with Crippen LogP contribution in [-0.4, -0.2) is 68.7 Å². The summed E-state index contributed by atoms with van der Waals surface area (Å²) < 4.78 is 40.0. The van der Waals surface area contributed by atoms with E-state index in [9.17, 15) is 12.8 Å². The van der Waals surface area contributed by atoms with Crippen LogP contribution in [0.3, 0.4) is 0 Å². The van der Waals surface area contributed by atoms with E-state index in [0.717, 1.165) is 29.9 Å². The Bertz CT molecular complexity index is 791. The molecule has 2 aliphatic rings. The second-order valence-corrected chi connectivity index (χ2v) is 10.6. The van der Waals surface area contributed by atoms with Crippen molar-refractivity contribution in [3.63, 3.8) is 0 Å². The molecule has 0 atom stereocenters. The third kappa shape index (κ3) is 5.61. The molecule has 0 aromatic heterocycles. The van der Waals surface area contributed by atoms with Crippen molar-refractivity contribution < 1.29 is 12.8 Å². The van der Waals surface area contributed by atoms with E-state index in [1.165, 1.54) is 6.07 Å². The Morgan fingerprint density at radius 3 is 2.68 bits per heavy atom. The van der Waals surface area contributed by atoms with Gasteiger partial charge in [0.15, 0.2) is 5.96 Å². The molecule has 156 valence electrons. The van der Waals surface area contributed by atoms with Crippen LogP contribution < -0.4 is 10.6 Å². The second kappa shape index (κ2) is 9.45. The lowest BCUT2D eigenvalue weighted by Crippen LogP contribution is -2.44. The molecule has 1 aromatic rings. The molecular weight excluding hydrogens is 399 g/mol. The van der Waals surface area contributed by atoms with Gasteiger partial charge in [0, 0.05) is 43.1 Å². The van der Waals surface area contributed by atoms with Gasteiger partial charge in [0.05, 0.1) is 12.3 Å². The quantitative estimate of drug-likeness (QED) is 0.488. The summed E-state index contributed by atoms with van der Waals surface area (Å²) in [5.74, 6) is 2.16. The number of thioether (sulfide) groups is 1. The highest BCUT2D eigenvalue weighted by Gasteiger charge is 2.44. The van der Waals surface area contributed by atoms with Gasteiger partial charge in [-0.15, -0.1) is 0 Å². The highest BCUT2D eigenvalue weighted by atomic mass is 32.2. The Labute approximate surface area is 171 Å². The molecule has 0 spiro atoms. The normalized spacial score (nSPS) is 20.0. The molecule has 0 unspecified atom stereocenters. The minimum Gasteiger partial charge on any atom is -0.357 e. The van der Waals surface area contributed by atoms with E-state index in [1.807, 2.05) is 13.0 Å². The summed E-state index contributed by atoms with van der Waals surface area (Å²) in [6.07, 6.45) is 1.97. The minimum absolute atomic E-state index is 0.0527. The van der Waals surface area contributed by atoms with Crippen LogP contribution in [-0.2, 0) is 15.4 Å². The monoisotopic (exact) mass is 428 g/mol. The molecule has 1 saturated heterocycles. The molecule has 6 nitrogen and oxygen atoms in total. The summed E-state index contributed by atoms with van der Waals surface area (Å²) in [5, 5.41) is 6.30. The van der Waals surface area contributed by atoms with Gasteiger partial charge in [0.25, 0.3) is 0 Å². The molecule has 1 saturated carbocycles.